The first-order valence-electron chi connectivity index (χ1n) is 13.1. The predicted molar refractivity (Wildman–Crippen MR) is 161 cm³/mol. The number of nitrogens with zero attached hydrogens (tertiary/aromatic N) is 3. The number of methoxy groups -OCH3 is 2. The molecule has 0 bridgehead atoms. The maximum Gasteiger partial charge on any atom is 0.250 e. The van der Waals surface area contributed by atoms with E-state index in [0.29, 0.717) is 16.5 Å². The summed E-state index contributed by atoms with van der Waals surface area (Å²) in [4.78, 5) is 19.2. The van der Waals surface area contributed by atoms with Crippen LogP contribution in [0.25, 0.3) is 5.69 Å². The molecule has 0 unspecified atom stereocenters. The Bertz CT molecular complexity index is 1540. The molecule has 2 aromatic carbocycles. The number of anilines is 2. The van der Waals surface area contributed by atoms with E-state index in [9.17, 15) is 4.79 Å². The highest BCUT2D eigenvalue weighted by Crippen LogP contribution is 2.46. The van der Waals surface area contributed by atoms with Gasteiger partial charge in [0.15, 0.2) is 5.11 Å². The maximum atomic E-state index is 12.4. The second kappa shape index (κ2) is 11.5. The van der Waals surface area contributed by atoms with Crippen molar-refractivity contribution in [3.05, 3.63) is 101 Å². The van der Waals surface area contributed by atoms with E-state index in [1.54, 1.807) is 13.3 Å². The molecular weight excluding hydrogens is 522 g/mol. The van der Waals surface area contributed by atoms with Crippen LogP contribution in [0.15, 0.2) is 72.9 Å². The Balaban J connectivity index is 1.68. The van der Waals surface area contributed by atoms with Crippen molar-refractivity contribution >= 4 is 34.6 Å². The molecule has 2 N–H and O–H groups in total. The van der Waals surface area contributed by atoms with Gasteiger partial charge in [-0.3, -0.25) is 9.78 Å². The highest BCUT2D eigenvalue weighted by Gasteiger charge is 2.43. The van der Waals surface area contributed by atoms with Crippen LogP contribution in [-0.4, -0.2) is 41.4 Å². The molecule has 1 aliphatic heterocycles. The minimum Gasteiger partial charge on any atom is -0.495 e. The van der Waals surface area contributed by atoms with Crippen LogP contribution >= 0.6 is 12.2 Å². The lowest BCUT2D eigenvalue weighted by Crippen LogP contribution is -2.30. The van der Waals surface area contributed by atoms with Gasteiger partial charge in [-0.1, -0.05) is 24.3 Å². The lowest BCUT2D eigenvalue weighted by atomic mass is 9.93. The summed E-state index contributed by atoms with van der Waals surface area (Å²) >= 11 is 5.97. The van der Waals surface area contributed by atoms with E-state index in [1.807, 2.05) is 42.5 Å². The number of thiocarbonyl (C=S) groups is 1. The highest BCUT2D eigenvalue weighted by molar-refractivity contribution is 7.80. The lowest BCUT2D eigenvalue weighted by Gasteiger charge is -2.29. The summed E-state index contributed by atoms with van der Waals surface area (Å²) in [6.07, 6.45) is 1.80. The van der Waals surface area contributed by atoms with Crippen molar-refractivity contribution in [2.45, 2.75) is 32.9 Å². The summed E-state index contributed by atoms with van der Waals surface area (Å²) in [7, 11) is 3.06. The van der Waals surface area contributed by atoms with Crippen molar-refractivity contribution in [2.75, 3.05) is 31.0 Å². The van der Waals surface area contributed by atoms with Gasteiger partial charge in [0.1, 0.15) is 12.4 Å². The van der Waals surface area contributed by atoms with Crippen LogP contribution < -0.4 is 20.3 Å². The van der Waals surface area contributed by atoms with Gasteiger partial charge in [0.05, 0.1) is 30.6 Å². The van der Waals surface area contributed by atoms with Gasteiger partial charge in [-0.05, 0) is 81.0 Å². The maximum absolute atomic E-state index is 12.4. The number of benzene rings is 2. The molecule has 2 atom stereocenters. The molecular formula is C31H33N5O3S. The molecule has 2 aromatic heterocycles. The summed E-state index contributed by atoms with van der Waals surface area (Å²) in [6, 6.07) is 21.6. The molecule has 4 aromatic rings. The second-order valence-corrected chi connectivity index (χ2v) is 10.1. The van der Waals surface area contributed by atoms with Crippen LogP contribution in [0.1, 0.15) is 40.3 Å². The molecule has 8 nitrogen and oxygen atoms in total. The van der Waals surface area contributed by atoms with E-state index >= 15 is 0 Å². The van der Waals surface area contributed by atoms with E-state index in [2.05, 4.69) is 65.1 Å². The van der Waals surface area contributed by atoms with Crippen molar-refractivity contribution < 1.29 is 14.3 Å². The van der Waals surface area contributed by atoms with Crippen LogP contribution in [0, 0.1) is 20.8 Å². The number of carbonyl (C=O) groups is 1. The summed E-state index contributed by atoms with van der Waals surface area (Å²) < 4.78 is 12.8. The number of rotatable bonds is 8. The Kier molecular flexibility index (Phi) is 7.86. The molecule has 0 aliphatic carbocycles. The largest absolute Gasteiger partial charge is 0.495 e. The number of pyridine rings is 1. The Morgan fingerprint density at radius 2 is 1.75 bits per heavy atom. The molecule has 3 heterocycles. The Hall–Kier alpha value is -4.21. The number of amides is 1. The number of nitrogens with one attached hydrogen (secondary N) is 2. The van der Waals surface area contributed by atoms with Gasteiger partial charge in [0, 0.05) is 41.6 Å². The summed E-state index contributed by atoms with van der Waals surface area (Å²) in [5.74, 6) is 0.271. The van der Waals surface area contributed by atoms with Gasteiger partial charge < -0.3 is 29.6 Å². The number of carbonyl (C=O) groups excluding carboxylic acids is 1. The minimum atomic E-state index is -0.273. The number of aromatic nitrogens is 2. The number of hydrogen-bond donors (Lipinski definition) is 2. The van der Waals surface area contributed by atoms with Crippen molar-refractivity contribution in [3.8, 4) is 11.4 Å². The van der Waals surface area contributed by atoms with Crippen LogP contribution in [-0.2, 0) is 9.53 Å². The third-order valence-corrected chi connectivity index (χ3v) is 7.74. The summed E-state index contributed by atoms with van der Waals surface area (Å²) in [6.45, 7) is 6.40. The summed E-state index contributed by atoms with van der Waals surface area (Å²) in [5, 5.41) is 7.02. The van der Waals surface area contributed by atoms with E-state index in [0.717, 1.165) is 22.8 Å². The third kappa shape index (κ3) is 4.94. The molecule has 40 heavy (non-hydrogen) atoms. The minimum absolute atomic E-state index is 0.0634. The molecule has 0 radical (unpaired) electrons. The average Bonchev–Trinajstić information content (AvgIpc) is 3.41. The first-order valence-corrected chi connectivity index (χ1v) is 13.5. The zero-order valence-electron chi connectivity index (χ0n) is 23.3. The van der Waals surface area contributed by atoms with Gasteiger partial charge in [0.2, 0.25) is 5.91 Å². The van der Waals surface area contributed by atoms with Crippen molar-refractivity contribution in [2.24, 2.45) is 0 Å². The highest BCUT2D eigenvalue weighted by atomic mass is 32.1. The Labute approximate surface area is 239 Å². The molecule has 1 aliphatic rings. The molecule has 9 heteroatoms. The standard InChI is InChI=1S/C31H33N5O3S/c1-19-20(2)35(22-11-7-6-8-12-22)21(3)28(19)30-29(24-13-9-10-16-32-24)34-31(40)36(30)23-14-15-26(39-5)25(17-23)33-27(37)18-38-4/h6-17,29-30H,18H2,1-5H3,(H,33,37)(H,34,40)/t29-,30-/m1/s1. The van der Waals surface area contributed by atoms with Gasteiger partial charge in [-0.15, -0.1) is 0 Å². The lowest BCUT2D eigenvalue weighted by molar-refractivity contribution is -0.119. The molecule has 1 saturated heterocycles. The number of hydrogen-bond acceptors (Lipinski definition) is 5. The number of ether oxygens (including phenoxy) is 2. The zero-order chi connectivity index (χ0) is 28.4. The van der Waals surface area contributed by atoms with E-state index in [4.69, 9.17) is 26.7 Å². The molecule has 206 valence electrons. The van der Waals surface area contributed by atoms with Crippen LogP contribution in [0.3, 0.4) is 0 Å². The fourth-order valence-corrected chi connectivity index (χ4v) is 5.94. The van der Waals surface area contributed by atoms with Crippen LogP contribution in [0.5, 0.6) is 5.75 Å². The normalized spacial score (nSPS) is 16.6. The molecule has 5 rings (SSSR count). The summed E-state index contributed by atoms with van der Waals surface area (Å²) in [5.41, 5.74) is 8.01. The molecule has 1 amide bonds. The average molecular weight is 556 g/mol. The molecule has 0 saturated carbocycles. The van der Waals surface area contributed by atoms with Gasteiger partial charge >= 0.3 is 0 Å². The van der Waals surface area contributed by atoms with Crippen LogP contribution in [0.2, 0.25) is 0 Å². The third-order valence-electron chi connectivity index (χ3n) is 7.43. The van der Waals surface area contributed by atoms with Crippen molar-refractivity contribution in [1.82, 2.24) is 14.9 Å². The van der Waals surface area contributed by atoms with Gasteiger partial charge in [0.25, 0.3) is 0 Å². The SMILES string of the molecule is COCC(=O)Nc1cc(N2C(=S)N[C@H](c3ccccn3)[C@H]2c2c(C)c(C)n(-c3ccccc3)c2C)ccc1OC. The number of para-hydroxylation sites is 1. The first kappa shape index (κ1) is 27.4. The fourth-order valence-electron chi connectivity index (χ4n) is 5.59. The Morgan fingerprint density at radius 1 is 1.00 bits per heavy atom. The van der Waals surface area contributed by atoms with Crippen molar-refractivity contribution in [3.63, 3.8) is 0 Å². The second-order valence-electron chi connectivity index (χ2n) is 9.74. The van der Waals surface area contributed by atoms with E-state index in [1.165, 1.54) is 23.9 Å². The molecule has 0 spiro atoms. The zero-order valence-corrected chi connectivity index (χ0v) is 24.1. The topological polar surface area (TPSA) is 80.7 Å². The quantitative estimate of drug-likeness (QED) is 0.275. The van der Waals surface area contributed by atoms with Gasteiger partial charge in [-0.25, -0.2) is 0 Å². The molecule has 1 fully saturated rings. The van der Waals surface area contributed by atoms with E-state index < -0.39 is 0 Å². The van der Waals surface area contributed by atoms with Crippen molar-refractivity contribution in [1.29, 1.82) is 0 Å². The fraction of sp³-hybridized carbons (Fsp3) is 0.258. The smallest absolute Gasteiger partial charge is 0.250 e. The predicted octanol–water partition coefficient (Wildman–Crippen LogP) is 5.57. The Morgan fingerprint density at radius 3 is 2.42 bits per heavy atom. The monoisotopic (exact) mass is 555 g/mol. The van der Waals surface area contributed by atoms with Crippen LogP contribution in [0.4, 0.5) is 11.4 Å². The van der Waals surface area contributed by atoms with E-state index in [-0.39, 0.29) is 24.6 Å². The van der Waals surface area contributed by atoms with Gasteiger partial charge in [-0.2, -0.15) is 0 Å². The first-order chi connectivity index (χ1) is 19.3.